The molecule has 6 unspecified atom stereocenters. The second-order valence-electron chi connectivity index (χ2n) is 8.36. The van der Waals surface area contributed by atoms with Crippen molar-refractivity contribution in [2.45, 2.75) is 49.7 Å². The summed E-state index contributed by atoms with van der Waals surface area (Å²) in [5.41, 5.74) is 8.63. The first kappa shape index (κ1) is 12.5. The van der Waals surface area contributed by atoms with Crippen molar-refractivity contribution in [3.8, 4) is 0 Å². The van der Waals surface area contributed by atoms with Crippen LogP contribution < -0.4 is 5.73 Å². The molecule has 0 heterocycles. The molecule has 1 aromatic rings. The van der Waals surface area contributed by atoms with Gasteiger partial charge in [-0.2, -0.15) is 0 Å². The van der Waals surface area contributed by atoms with Crippen LogP contribution in [-0.4, -0.2) is 17.2 Å². The fraction of sp³-hybridized carbons (Fsp3) is 0.632. The number of hydrogen-bond donors (Lipinski definition) is 1. The highest BCUT2D eigenvalue weighted by Crippen LogP contribution is 2.97. The summed E-state index contributed by atoms with van der Waals surface area (Å²) >= 11 is 5.52. The number of rotatable bonds is 4. The predicted molar refractivity (Wildman–Crippen MR) is 88.5 cm³/mol. The van der Waals surface area contributed by atoms with E-state index < -0.39 is 0 Å². The largest absolute Gasteiger partial charge is 0.393 e. The maximum absolute atomic E-state index is 6.35. The molecule has 1 aromatic carbocycles. The predicted octanol–water partition coefficient (Wildman–Crippen LogP) is 3.19. The van der Waals surface area contributed by atoms with Crippen molar-refractivity contribution in [3.05, 3.63) is 35.9 Å². The SMILES string of the molecule is NC(=S)C12CC3C(OC4CC4)C4CC(c5ccccc5)(C1)C342. The lowest BCUT2D eigenvalue weighted by atomic mass is 9.07. The highest BCUT2D eigenvalue weighted by Gasteiger charge is 2.97. The van der Waals surface area contributed by atoms with Crippen molar-refractivity contribution in [2.75, 3.05) is 0 Å². The van der Waals surface area contributed by atoms with Crippen LogP contribution in [0.2, 0.25) is 0 Å². The van der Waals surface area contributed by atoms with Crippen LogP contribution in [0.25, 0.3) is 0 Å². The average Bonchev–Trinajstić information content (AvgIpc) is 3.26. The van der Waals surface area contributed by atoms with Gasteiger partial charge in [0.2, 0.25) is 0 Å². The molecule has 0 amide bonds. The first-order valence-electron chi connectivity index (χ1n) is 8.67. The van der Waals surface area contributed by atoms with Crippen molar-refractivity contribution in [3.63, 3.8) is 0 Å². The van der Waals surface area contributed by atoms with E-state index in [1.165, 1.54) is 37.7 Å². The molecule has 5 aliphatic carbocycles. The highest BCUT2D eigenvalue weighted by atomic mass is 32.1. The molecule has 0 aliphatic heterocycles. The molecule has 5 saturated carbocycles. The third kappa shape index (κ3) is 0.971. The third-order valence-corrected chi connectivity index (χ3v) is 8.35. The Bertz CT molecular complexity index is 693. The molecule has 0 radical (unpaired) electrons. The Morgan fingerprint density at radius 1 is 1.14 bits per heavy atom. The summed E-state index contributed by atoms with van der Waals surface area (Å²) in [5.74, 6) is 1.42. The molecule has 5 aliphatic rings. The minimum Gasteiger partial charge on any atom is -0.393 e. The van der Waals surface area contributed by atoms with Gasteiger partial charge in [0, 0.05) is 16.2 Å². The van der Waals surface area contributed by atoms with E-state index >= 15 is 0 Å². The summed E-state index contributed by atoms with van der Waals surface area (Å²) in [4.78, 5) is 0.782. The van der Waals surface area contributed by atoms with Crippen LogP contribution in [0.3, 0.4) is 0 Å². The number of benzene rings is 1. The first-order chi connectivity index (χ1) is 10.7. The summed E-state index contributed by atoms with van der Waals surface area (Å²) < 4.78 is 6.35. The van der Waals surface area contributed by atoms with Crippen molar-refractivity contribution in [2.24, 2.45) is 28.4 Å². The zero-order valence-corrected chi connectivity index (χ0v) is 13.4. The smallest absolute Gasteiger partial charge is 0.0796 e. The van der Waals surface area contributed by atoms with Crippen molar-refractivity contribution >= 4 is 17.2 Å². The van der Waals surface area contributed by atoms with E-state index in [2.05, 4.69) is 30.3 Å². The van der Waals surface area contributed by atoms with Gasteiger partial charge in [-0.15, -0.1) is 0 Å². The van der Waals surface area contributed by atoms with Gasteiger partial charge in [-0.3, -0.25) is 0 Å². The molecule has 3 heteroatoms. The van der Waals surface area contributed by atoms with E-state index in [1.54, 1.807) is 0 Å². The maximum atomic E-state index is 6.35. The van der Waals surface area contributed by atoms with E-state index in [4.69, 9.17) is 22.7 Å². The Kier molecular flexibility index (Phi) is 1.95. The summed E-state index contributed by atoms with van der Waals surface area (Å²) in [6.45, 7) is 0. The lowest BCUT2D eigenvalue weighted by Crippen LogP contribution is -2.98. The molecule has 0 saturated heterocycles. The Hall–Kier alpha value is -0.930. The zero-order chi connectivity index (χ0) is 14.7. The second kappa shape index (κ2) is 3.44. The standard InChI is InChI=1S/C19H21NOS/c20-16(22)18-9-14-15(21-12-6-7-12)13-8-17(10-18,19(13,14)18)11-4-2-1-3-5-11/h1-5,12-15H,6-10H2,(H2,20,22). The average molecular weight is 311 g/mol. The van der Waals surface area contributed by atoms with E-state index in [-0.39, 0.29) is 5.41 Å². The van der Waals surface area contributed by atoms with Gasteiger partial charge in [0.05, 0.1) is 17.2 Å². The quantitative estimate of drug-likeness (QED) is 0.867. The van der Waals surface area contributed by atoms with Gasteiger partial charge in [-0.1, -0.05) is 42.5 Å². The lowest BCUT2D eigenvalue weighted by Gasteiger charge is -2.97. The lowest BCUT2D eigenvalue weighted by molar-refractivity contribution is -0.464. The number of nitrogens with two attached hydrogens (primary N) is 1. The molecule has 114 valence electrons. The molecule has 1 spiro atoms. The fourth-order valence-corrected chi connectivity index (χ4v) is 7.61. The molecule has 22 heavy (non-hydrogen) atoms. The van der Waals surface area contributed by atoms with Gasteiger partial charge in [0.1, 0.15) is 0 Å². The summed E-state index contributed by atoms with van der Waals surface area (Å²) in [6.07, 6.45) is 7.27. The van der Waals surface area contributed by atoms with Gasteiger partial charge in [-0.25, -0.2) is 0 Å². The van der Waals surface area contributed by atoms with Gasteiger partial charge in [0.25, 0.3) is 0 Å². The Morgan fingerprint density at radius 3 is 2.50 bits per heavy atom. The van der Waals surface area contributed by atoms with E-state index in [0.717, 1.165) is 4.99 Å². The molecule has 6 rings (SSSR count). The maximum Gasteiger partial charge on any atom is 0.0796 e. The minimum atomic E-state index is 0.162. The summed E-state index contributed by atoms with van der Waals surface area (Å²) in [7, 11) is 0. The Balaban J connectivity index is 1.41. The van der Waals surface area contributed by atoms with Gasteiger partial charge < -0.3 is 10.5 Å². The van der Waals surface area contributed by atoms with Crippen molar-refractivity contribution in [1.29, 1.82) is 0 Å². The zero-order valence-electron chi connectivity index (χ0n) is 12.6. The first-order valence-corrected chi connectivity index (χ1v) is 9.07. The second-order valence-corrected chi connectivity index (χ2v) is 8.80. The topological polar surface area (TPSA) is 35.2 Å². The van der Waals surface area contributed by atoms with Crippen LogP contribution in [-0.2, 0) is 10.2 Å². The minimum absolute atomic E-state index is 0.162. The van der Waals surface area contributed by atoms with Crippen molar-refractivity contribution in [1.82, 2.24) is 0 Å². The van der Waals surface area contributed by atoms with Crippen LogP contribution >= 0.6 is 12.2 Å². The van der Waals surface area contributed by atoms with Crippen LogP contribution in [0.1, 0.15) is 37.7 Å². The fourth-order valence-electron chi connectivity index (χ4n) is 7.28. The third-order valence-electron chi connectivity index (χ3n) is 7.96. The Labute approximate surface area is 136 Å². The van der Waals surface area contributed by atoms with E-state index in [9.17, 15) is 0 Å². The van der Waals surface area contributed by atoms with Crippen LogP contribution in [0.4, 0.5) is 0 Å². The molecular weight excluding hydrogens is 290 g/mol. The molecule has 0 bridgehead atoms. The van der Waals surface area contributed by atoms with Crippen LogP contribution in [0, 0.1) is 22.7 Å². The Morgan fingerprint density at radius 2 is 1.86 bits per heavy atom. The van der Waals surface area contributed by atoms with Gasteiger partial charge in [0.15, 0.2) is 0 Å². The van der Waals surface area contributed by atoms with Gasteiger partial charge >= 0.3 is 0 Å². The molecule has 2 nitrogen and oxygen atoms in total. The van der Waals surface area contributed by atoms with E-state index in [0.29, 0.717) is 34.9 Å². The molecule has 0 aromatic heterocycles. The normalized spacial score (nSPS) is 53.0. The molecule has 6 atom stereocenters. The van der Waals surface area contributed by atoms with Crippen LogP contribution in [0.5, 0.6) is 0 Å². The van der Waals surface area contributed by atoms with Gasteiger partial charge in [-0.05, 0) is 49.5 Å². The summed E-state index contributed by atoms with van der Waals surface area (Å²) in [6, 6.07) is 11.1. The molecule has 5 fully saturated rings. The molecule has 2 N–H and O–H groups in total. The van der Waals surface area contributed by atoms with Crippen LogP contribution in [0.15, 0.2) is 30.3 Å². The molecular formula is C19H21NOS. The van der Waals surface area contributed by atoms with E-state index in [1.807, 2.05) is 0 Å². The number of ether oxygens (including phenoxy) is 1. The monoisotopic (exact) mass is 311 g/mol. The highest BCUT2D eigenvalue weighted by molar-refractivity contribution is 7.80. The number of hydrogen-bond acceptors (Lipinski definition) is 2. The number of thiocarbonyl (C=S) groups is 1. The summed E-state index contributed by atoms with van der Waals surface area (Å²) in [5, 5.41) is 0. The van der Waals surface area contributed by atoms with Crippen molar-refractivity contribution < 1.29 is 4.74 Å².